The first-order valence-electron chi connectivity index (χ1n) is 13.1. The van der Waals surface area contributed by atoms with Gasteiger partial charge < -0.3 is 10.2 Å². The van der Waals surface area contributed by atoms with Crippen molar-refractivity contribution in [1.82, 2.24) is 10.2 Å². The second kappa shape index (κ2) is 13.2. The predicted octanol–water partition coefficient (Wildman–Crippen LogP) is 5.40. The molecular weight excluding hydrogens is 555 g/mol. The fraction of sp³-hybridized carbons (Fsp3) is 0.333. The van der Waals surface area contributed by atoms with E-state index in [0.29, 0.717) is 22.5 Å². The normalized spacial score (nSPS) is 12.6. The molecule has 2 amide bonds. The number of rotatable bonds is 11. The SMILES string of the molecule is Cc1ccc(CN(C(=O)CN(c2cccc(C(F)(F)F)c2)S(=O)(=O)c2ccccc2)[C@@H](C)C(=O)NCC(C)C)cc1. The number of hydrogen-bond donors (Lipinski definition) is 1. The molecule has 0 aliphatic rings. The average molecular weight is 590 g/mol. The maximum atomic E-state index is 13.9. The van der Waals surface area contributed by atoms with Crippen LogP contribution in [-0.2, 0) is 32.3 Å². The lowest BCUT2D eigenvalue weighted by Gasteiger charge is -2.32. The Morgan fingerprint density at radius 2 is 1.54 bits per heavy atom. The van der Waals surface area contributed by atoms with E-state index in [0.717, 1.165) is 17.7 Å². The maximum Gasteiger partial charge on any atom is 0.416 e. The molecule has 3 rings (SSSR count). The van der Waals surface area contributed by atoms with Gasteiger partial charge in [0, 0.05) is 13.1 Å². The molecule has 0 spiro atoms. The highest BCUT2D eigenvalue weighted by atomic mass is 32.2. The summed E-state index contributed by atoms with van der Waals surface area (Å²) in [7, 11) is -4.47. The molecule has 0 unspecified atom stereocenters. The Bertz CT molecular complexity index is 1440. The molecule has 0 aromatic heterocycles. The second-order valence-corrected chi connectivity index (χ2v) is 12.1. The topological polar surface area (TPSA) is 86.8 Å². The predicted molar refractivity (Wildman–Crippen MR) is 151 cm³/mol. The lowest BCUT2D eigenvalue weighted by Crippen LogP contribution is -2.51. The van der Waals surface area contributed by atoms with Gasteiger partial charge in [-0.15, -0.1) is 0 Å². The number of benzene rings is 3. The lowest BCUT2D eigenvalue weighted by molar-refractivity contribution is -0.139. The standard InChI is InChI=1S/C30H34F3N3O4S/c1-21(2)18-34-29(38)23(4)35(19-24-15-13-22(3)14-16-24)28(37)20-36(41(39,40)27-11-6-5-7-12-27)26-10-8-9-25(17-26)30(31,32)33/h5-17,21,23H,18-20H2,1-4H3,(H,34,38)/t23-/m0/s1. The van der Waals surface area contributed by atoms with E-state index in [1.807, 2.05) is 32.9 Å². The van der Waals surface area contributed by atoms with Crippen molar-refractivity contribution >= 4 is 27.5 Å². The molecule has 1 N–H and O–H groups in total. The number of carbonyl (C=O) groups is 2. The number of nitrogens with one attached hydrogen (secondary N) is 1. The van der Waals surface area contributed by atoms with Crippen LogP contribution in [0.25, 0.3) is 0 Å². The lowest BCUT2D eigenvalue weighted by atomic mass is 10.1. The molecule has 1 atom stereocenters. The van der Waals surface area contributed by atoms with Crippen molar-refractivity contribution < 1.29 is 31.2 Å². The number of sulfonamides is 1. The van der Waals surface area contributed by atoms with Crippen LogP contribution in [-0.4, -0.2) is 44.3 Å². The first kappa shape index (κ1) is 31.7. The van der Waals surface area contributed by atoms with Crippen molar-refractivity contribution in [3.63, 3.8) is 0 Å². The number of anilines is 1. The minimum atomic E-state index is -4.73. The van der Waals surface area contributed by atoms with E-state index in [4.69, 9.17) is 0 Å². The Kier molecular flexibility index (Phi) is 10.2. The Morgan fingerprint density at radius 3 is 2.12 bits per heavy atom. The van der Waals surface area contributed by atoms with E-state index in [-0.39, 0.29) is 23.0 Å². The van der Waals surface area contributed by atoms with Gasteiger partial charge in [0.15, 0.2) is 0 Å². The molecule has 0 aliphatic heterocycles. The van der Waals surface area contributed by atoms with Gasteiger partial charge in [-0.2, -0.15) is 13.2 Å². The van der Waals surface area contributed by atoms with Crippen LogP contribution in [0, 0.1) is 12.8 Å². The van der Waals surface area contributed by atoms with Crippen molar-refractivity contribution in [2.45, 2.75) is 51.4 Å². The summed E-state index contributed by atoms with van der Waals surface area (Å²) in [5.41, 5.74) is 0.293. The van der Waals surface area contributed by atoms with Crippen molar-refractivity contribution in [2.75, 3.05) is 17.4 Å². The smallest absolute Gasteiger partial charge is 0.354 e. The Balaban J connectivity index is 2.05. The fourth-order valence-electron chi connectivity index (χ4n) is 4.01. The number of nitrogens with zero attached hydrogens (tertiary/aromatic N) is 2. The highest BCUT2D eigenvalue weighted by molar-refractivity contribution is 7.92. The summed E-state index contributed by atoms with van der Waals surface area (Å²) >= 11 is 0. The maximum absolute atomic E-state index is 13.9. The third-order valence-electron chi connectivity index (χ3n) is 6.40. The number of alkyl halides is 3. The highest BCUT2D eigenvalue weighted by Crippen LogP contribution is 2.33. The zero-order valence-electron chi connectivity index (χ0n) is 23.4. The molecule has 3 aromatic rings. The van der Waals surface area contributed by atoms with Gasteiger partial charge in [0.1, 0.15) is 12.6 Å². The monoisotopic (exact) mass is 589 g/mol. The molecule has 0 saturated carbocycles. The van der Waals surface area contributed by atoms with Gasteiger partial charge in [-0.25, -0.2) is 8.42 Å². The molecule has 0 bridgehead atoms. The first-order chi connectivity index (χ1) is 19.2. The van der Waals surface area contributed by atoms with Crippen LogP contribution in [0.15, 0.2) is 83.8 Å². The molecule has 0 aliphatic carbocycles. The van der Waals surface area contributed by atoms with Gasteiger partial charge in [0.05, 0.1) is 16.1 Å². The van der Waals surface area contributed by atoms with Crippen molar-refractivity contribution in [1.29, 1.82) is 0 Å². The number of hydrogen-bond acceptors (Lipinski definition) is 4. The number of carbonyl (C=O) groups excluding carboxylic acids is 2. The average Bonchev–Trinajstić information content (AvgIpc) is 2.93. The Morgan fingerprint density at radius 1 is 0.902 bits per heavy atom. The van der Waals surface area contributed by atoms with Gasteiger partial charge in [0.2, 0.25) is 11.8 Å². The molecule has 0 heterocycles. The van der Waals surface area contributed by atoms with Crippen molar-refractivity contribution in [3.8, 4) is 0 Å². The summed E-state index contributed by atoms with van der Waals surface area (Å²) in [6.45, 7) is 6.79. The second-order valence-electron chi connectivity index (χ2n) is 10.2. The Labute approximate surface area is 239 Å². The van der Waals surface area contributed by atoms with Crippen LogP contribution in [0.1, 0.15) is 37.5 Å². The summed E-state index contributed by atoms with van der Waals surface area (Å²) < 4.78 is 68.7. The molecule has 3 aromatic carbocycles. The number of amides is 2. The van der Waals surface area contributed by atoms with E-state index >= 15 is 0 Å². The molecule has 0 saturated heterocycles. The third kappa shape index (κ3) is 8.32. The van der Waals surface area contributed by atoms with Crippen LogP contribution < -0.4 is 9.62 Å². The summed E-state index contributed by atoms with van der Waals surface area (Å²) in [6, 6.07) is 17.2. The quantitative estimate of drug-likeness (QED) is 0.325. The first-order valence-corrected chi connectivity index (χ1v) is 14.5. The van der Waals surface area contributed by atoms with E-state index in [2.05, 4.69) is 5.32 Å². The van der Waals surface area contributed by atoms with Crippen LogP contribution in [0.5, 0.6) is 0 Å². The van der Waals surface area contributed by atoms with E-state index in [1.165, 1.54) is 42.2 Å². The minimum absolute atomic E-state index is 0.0167. The minimum Gasteiger partial charge on any atom is -0.354 e. The van der Waals surface area contributed by atoms with Gasteiger partial charge in [0.25, 0.3) is 10.0 Å². The summed E-state index contributed by atoms with van der Waals surface area (Å²) in [6.07, 6.45) is -4.73. The Hall–Kier alpha value is -3.86. The van der Waals surface area contributed by atoms with Gasteiger partial charge in [-0.1, -0.05) is 67.9 Å². The van der Waals surface area contributed by atoms with E-state index in [1.54, 1.807) is 18.2 Å². The molecule has 11 heteroatoms. The number of halogens is 3. The fourth-order valence-corrected chi connectivity index (χ4v) is 5.44. The van der Waals surface area contributed by atoms with Crippen molar-refractivity contribution in [3.05, 3.63) is 95.6 Å². The summed E-state index contributed by atoms with van der Waals surface area (Å²) in [5, 5.41) is 2.79. The van der Waals surface area contributed by atoms with E-state index < -0.39 is 46.2 Å². The van der Waals surface area contributed by atoms with Crippen molar-refractivity contribution in [2.24, 2.45) is 5.92 Å². The summed E-state index contributed by atoms with van der Waals surface area (Å²) in [4.78, 5) is 27.9. The number of aryl methyl sites for hydroxylation is 1. The summed E-state index contributed by atoms with van der Waals surface area (Å²) in [5.74, 6) is -1.04. The largest absolute Gasteiger partial charge is 0.416 e. The van der Waals surface area contributed by atoms with Crippen LogP contribution in [0.2, 0.25) is 0 Å². The van der Waals surface area contributed by atoms with Gasteiger partial charge >= 0.3 is 6.18 Å². The van der Waals surface area contributed by atoms with Crippen LogP contribution >= 0.6 is 0 Å². The molecule has 41 heavy (non-hydrogen) atoms. The molecule has 0 radical (unpaired) electrons. The molecule has 0 fully saturated rings. The molecule has 220 valence electrons. The molecule has 7 nitrogen and oxygen atoms in total. The van der Waals surface area contributed by atoms with Gasteiger partial charge in [-0.3, -0.25) is 13.9 Å². The third-order valence-corrected chi connectivity index (χ3v) is 8.18. The zero-order valence-corrected chi connectivity index (χ0v) is 24.2. The van der Waals surface area contributed by atoms with Crippen LogP contribution in [0.4, 0.5) is 18.9 Å². The van der Waals surface area contributed by atoms with Gasteiger partial charge in [-0.05, 0) is 55.7 Å². The van der Waals surface area contributed by atoms with Crippen LogP contribution in [0.3, 0.4) is 0 Å². The molecular formula is C30H34F3N3O4S. The highest BCUT2D eigenvalue weighted by Gasteiger charge is 2.35. The van der Waals surface area contributed by atoms with E-state index in [9.17, 15) is 31.2 Å². The zero-order chi connectivity index (χ0) is 30.4.